The highest BCUT2D eigenvalue weighted by molar-refractivity contribution is 9.10. The fraction of sp³-hybridized carbons (Fsp3) is 0.294. The first kappa shape index (κ1) is 16.3. The van der Waals surface area contributed by atoms with Crippen LogP contribution in [-0.4, -0.2) is 14.2 Å². The fourth-order valence-corrected chi connectivity index (χ4v) is 3.19. The highest BCUT2D eigenvalue weighted by atomic mass is 79.9. The van der Waals surface area contributed by atoms with Gasteiger partial charge in [0.05, 0.1) is 11.6 Å². The summed E-state index contributed by atoms with van der Waals surface area (Å²) in [5, 5.41) is 4.18. The maximum atomic E-state index is 6.34. The van der Waals surface area contributed by atoms with Crippen LogP contribution in [0.5, 0.6) is 5.75 Å². The first-order valence-corrected chi connectivity index (χ1v) is 7.98. The molecule has 2 aromatic carbocycles. The highest BCUT2D eigenvalue weighted by Crippen LogP contribution is 2.30. The molecule has 2 aromatic rings. The largest absolute Gasteiger partial charge is 0.496 e. The average molecular weight is 369 g/mol. The molecule has 0 aromatic heterocycles. The zero-order valence-corrected chi connectivity index (χ0v) is 14.8. The predicted octanol–water partition coefficient (Wildman–Crippen LogP) is 4.92. The van der Waals surface area contributed by atoms with Crippen LogP contribution in [0, 0.1) is 6.92 Å². The molecule has 0 aliphatic heterocycles. The molecule has 1 atom stereocenters. The monoisotopic (exact) mass is 367 g/mol. The number of methoxy groups -OCH3 is 1. The molecule has 0 fully saturated rings. The van der Waals surface area contributed by atoms with Crippen molar-refractivity contribution < 1.29 is 4.74 Å². The maximum absolute atomic E-state index is 6.34. The van der Waals surface area contributed by atoms with E-state index in [4.69, 9.17) is 16.3 Å². The first-order valence-electron chi connectivity index (χ1n) is 6.81. The Kier molecular flexibility index (Phi) is 5.68. The van der Waals surface area contributed by atoms with Crippen molar-refractivity contribution in [2.24, 2.45) is 0 Å². The Morgan fingerprint density at radius 1 is 1.24 bits per heavy atom. The molecule has 112 valence electrons. The smallest absolute Gasteiger partial charge is 0.133 e. The van der Waals surface area contributed by atoms with Crippen LogP contribution in [0.1, 0.15) is 22.7 Å². The Morgan fingerprint density at radius 2 is 2.00 bits per heavy atom. The van der Waals surface area contributed by atoms with Crippen molar-refractivity contribution in [1.29, 1.82) is 0 Å². The SMILES string of the molecule is CNC(Cc1ccc(C)cc1Cl)c1ccc(OC)c(Br)c1. The summed E-state index contributed by atoms with van der Waals surface area (Å²) in [6.45, 7) is 2.05. The van der Waals surface area contributed by atoms with Crippen LogP contribution < -0.4 is 10.1 Å². The van der Waals surface area contributed by atoms with E-state index in [2.05, 4.69) is 45.5 Å². The molecule has 0 heterocycles. The van der Waals surface area contributed by atoms with Crippen molar-refractivity contribution in [1.82, 2.24) is 5.32 Å². The summed E-state index contributed by atoms with van der Waals surface area (Å²) in [5.41, 5.74) is 3.52. The molecule has 0 amide bonds. The molecular formula is C17H19BrClNO. The second-order valence-corrected chi connectivity index (χ2v) is 6.30. The number of ether oxygens (including phenoxy) is 1. The molecule has 0 aliphatic carbocycles. The summed E-state index contributed by atoms with van der Waals surface area (Å²) in [7, 11) is 3.63. The van der Waals surface area contributed by atoms with Crippen LogP contribution in [0.3, 0.4) is 0 Å². The van der Waals surface area contributed by atoms with Gasteiger partial charge in [-0.25, -0.2) is 0 Å². The van der Waals surface area contributed by atoms with Gasteiger partial charge in [0.25, 0.3) is 0 Å². The second kappa shape index (κ2) is 7.30. The Balaban J connectivity index is 2.25. The molecule has 0 aliphatic rings. The Bertz CT molecular complexity index is 630. The summed E-state index contributed by atoms with van der Waals surface area (Å²) in [6.07, 6.45) is 0.842. The van der Waals surface area contributed by atoms with Gasteiger partial charge >= 0.3 is 0 Å². The molecule has 1 N–H and O–H groups in total. The predicted molar refractivity (Wildman–Crippen MR) is 92.4 cm³/mol. The van der Waals surface area contributed by atoms with E-state index in [0.29, 0.717) is 0 Å². The number of benzene rings is 2. The van der Waals surface area contributed by atoms with E-state index >= 15 is 0 Å². The van der Waals surface area contributed by atoms with Gasteiger partial charge in [-0.05, 0) is 71.2 Å². The number of nitrogens with one attached hydrogen (secondary N) is 1. The van der Waals surface area contributed by atoms with Crippen LogP contribution in [0.25, 0.3) is 0 Å². The quantitative estimate of drug-likeness (QED) is 0.808. The number of hydrogen-bond acceptors (Lipinski definition) is 2. The molecule has 1 unspecified atom stereocenters. The van der Waals surface area contributed by atoms with Crippen molar-refractivity contribution >= 4 is 27.5 Å². The van der Waals surface area contributed by atoms with E-state index in [0.717, 1.165) is 27.2 Å². The van der Waals surface area contributed by atoms with Crippen molar-refractivity contribution in [3.8, 4) is 5.75 Å². The minimum Gasteiger partial charge on any atom is -0.496 e. The van der Waals surface area contributed by atoms with Gasteiger partial charge in [0.2, 0.25) is 0 Å². The highest BCUT2D eigenvalue weighted by Gasteiger charge is 2.14. The topological polar surface area (TPSA) is 21.3 Å². The van der Waals surface area contributed by atoms with Crippen LogP contribution >= 0.6 is 27.5 Å². The lowest BCUT2D eigenvalue weighted by Gasteiger charge is -2.19. The summed E-state index contributed by atoms with van der Waals surface area (Å²) in [4.78, 5) is 0. The van der Waals surface area contributed by atoms with Gasteiger partial charge in [0.15, 0.2) is 0 Å². The second-order valence-electron chi connectivity index (χ2n) is 5.03. The Hall–Kier alpha value is -1.03. The normalized spacial score (nSPS) is 12.2. The van der Waals surface area contributed by atoms with E-state index in [9.17, 15) is 0 Å². The van der Waals surface area contributed by atoms with Gasteiger partial charge in [0.1, 0.15) is 5.75 Å². The lowest BCUT2D eigenvalue weighted by Crippen LogP contribution is -2.19. The molecule has 0 radical (unpaired) electrons. The van der Waals surface area contributed by atoms with Crippen molar-refractivity contribution in [2.45, 2.75) is 19.4 Å². The van der Waals surface area contributed by atoms with Gasteiger partial charge in [0, 0.05) is 11.1 Å². The van der Waals surface area contributed by atoms with Crippen molar-refractivity contribution in [3.05, 3.63) is 62.6 Å². The third kappa shape index (κ3) is 4.00. The van der Waals surface area contributed by atoms with Gasteiger partial charge in [-0.3, -0.25) is 0 Å². The zero-order valence-electron chi connectivity index (χ0n) is 12.4. The number of likely N-dealkylation sites (N-methyl/N-ethyl adjacent to an activating group) is 1. The lowest BCUT2D eigenvalue weighted by atomic mass is 9.98. The minimum atomic E-state index is 0.201. The molecule has 21 heavy (non-hydrogen) atoms. The molecule has 2 rings (SSSR count). The minimum absolute atomic E-state index is 0.201. The third-order valence-electron chi connectivity index (χ3n) is 3.56. The summed E-state index contributed by atoms with van der Waals surface area (Å²) < 4.78 is 6.23. The molecular weight excluding hydrogens is 350 g/mol. The summed E-state index contributed by atoms with van der Waals surface area (Å²) >= 11 is 9.88. The van der Waals surface area contributed by atoms with E-state index in [1.54, 1.807) is 7.11 Å². The van der Waals surface area contributed by atoms with E-state index < -0.39 is 0 Å². The van der Waals surface area contributed by atoms with Gasteiger partial charge in [-0.1, -0.05) is 29.8 Å². The molecule has 0 bridgehead atoms. The van der Waals surface area contributed by atoms with E-state index in [1.807, 2.05) is 26.1 Å². The van der Waals surface area contributed by atoms with Gasteiger partial charge in [-0.2, -0.15) is 0 Å². The van der Waals surface area contributed by atoms with Crippen LogP contribution in [0.15, 0.2) is 40.9 Å². The molecule has 4 heteroatoms. The Morgan fingerprint density at radius 3 is 2.57 bits per heavy atom. The maximum Gasteiger partial charge on any atom is 0.133 e. The molecule has 2 nitrogen and oxygen atoms in total. The zero-order chi connectivity index (χ0) is 15.4. The number of halogens is 2. The first-order chi connectivity index (χ1) is 10.0. The average Bonchev–Trinajstić information content (AvgIpc) is 2.46. The van der Waals surface area contributed by atoms with Crippen molar-refractivity contribution in [3.63, 3.8) is 0 Å². The number of rotatable bonds is 5. The number of aryl methyl sites for hydroxylation is 1. The lowest BCUT2D eigenvalue weighted by molar-refractivity contribution is 0.411. The van der Waals surface area contributed by atoms with Crippen LogP contribution in [-0.2, 0) is 6.42 Å². The van der Waals surface area contributed by atoms with E-state index in [-0.39, 0.29) is 6.04 Å². The Labute approximate surface area is 139 Å². The van der Waals surface area contributed by atoms with Crippen LogP contribution in [0.2, 0.25) is 5.02 Å². The third-order valence-corrected chi connectivity index (χ3v) is 4.53. The molecule has 0 saturated heterocycles. The van der Waals surface area contributed by atoms with E-state index in [1.165, 1.54) is 11.1 Å². The van der Waals surface area contributed by atoms with Gasteiger partial charge in [-0.15, -0.1) is 0 Å². The van der Waals surface area contributed by atoms with Crippen molar-refractivity contribution in [2.75, 3.05) is 14.2 Å². The fourth-order valence-electron chi connectivity index (χ4n) is 2.32. The molecule has 0 saturated carbocycles. The van der Waals surface area contributed by atoms with Gasteiger partial charge < -0.3 is 10.1 Å². The summed E-state index contributed by atoms with van der Waals surface area (Å²) in [6, 6.07) is 12.5. The standard InChI is InChI=1S/C17H19BrClNO/c1-11-4-5-12(15(19)8-11)10-16(20-2)13-6-7-17(21-3)14(18)9-13/h4-9,16,20H,10H2,1-3H3. The number of hydrogen-bond donors (Lipinski definition) is 1. The molecule has 0 spiro atoms. The van der Waals surface area contributed by atoms with Crippen LogP contribution in [0.4, 0.5) is 0 Å². The summed E-state index contributed by atoms with van der Waals surface area (Å²) in [5.74, 6) is 0.835.